The van der Waals surface area contributed by atoms with E-state index in [0.717, 1.165) is 30.8 Å². The van der Waals surface area contributed by atoms with E-state index in [4.69, 9.17) is 5.84 Å². The Labute approximate surface area is 112 Å². The molecule has 7 heteroatoms. The maximum atomic E-state index is 11.7. The number of carbonyl (C=O) groups excluding carboxylic acids is 1. The third-order valence-electron chi connectivity index (χ3n) is 3.41. The van der Waals surface area contributed by atoms with Gasteiger partial charge in [0.15, 0.2) is 0 Å². The third-order valence-corrected chi connectivity index (χ3v) is 3.41. The van der Waals surface area contributed by atoms with Crippen LogP contribution in [0.4, 0.5) is 11.8 Å². The molecule has 1 amide bonds. The summed E-state index contributed by atoms with van der Waals surface area (Å²) < 4.78 is 0. The molecule has 0 radical (unpaired) electrons. The number of anilines is 2. The van der Waals surface area contributed by atoms with Crippen LogP contribution in [0, 0.1) is 12.8 Å². The minimum Gasteiger partial charge on any atom is -0.359 e. The number of aryl methyl sites for hydroxylation is 1. The second-order valence-electron chi connectivity index (χ2n) is 4.74. The molecule has 1 aromatic rings. The number of hydrogen-bond acceptors (Lipinski definition) is 6. The zero-order valence-electron chi connectivity index (χ0n) is 11.3. The highest BCUT2D eigenvalue weighted by Gasteiger charge is 2.26. The van der Waals surface area contributed by atoms with Gasteiger partial charge in [-0.05, 0) is 19.8 Å². The largest absolute Gasteiger partial charge is 0.359 e. The molecule has 19 heavy (non-hydrogen) atoms. The van der Waals surface area contributed by atoms with Crippen molar-refractivity contribution in [3.8, 4) is 0 Å². The molecule has 0 bridgehead atoms. The van der Waals surface area contributed by atoms with Gasteiger partial charge in [0, 0.05) is 31.9 Å². The van der Waals surface area contributed by atoms with Crippen LogP contribution in [0.15, 0.2) is 6.20 Å². The summed E-state index contributed by atoms with van der Waals surface area (Å²) in [5.74, 6) is 6.68. The van der Waals surface area contributed by atoms with E-state index in [0.29, 0.717) is 12.5 Å². The molecule has 1 saturated heterocycles. The van der Waals surface area contributed by atoms with E-state index >= 15 is 0 Å². The van der Waals surface area contributed by atoms with E-state index in [2.05, 4.69) is 25.6 Å². The van der Waals surface area contributed by atoms with E-state index in [1.807, 2.05) is 6.92 Å². The number of aromatic nitrogens is 2. The number of amides is 1. The molecule has 1 aromatic heterocycles. The Kier molecular flexibility index (Phi) is 4.16. The summed E-state index contributed by atoms with van der Waals surface area (Å²) in [7, 11) is 1.67. The maximum Gasteiger partial charge on any atom is 0.239 e. The van der Waals surface area contributed by atoms with Gasteiger partial charge < -0.3 is 10.2 Å². The van der Waals surface area contributed by atoms with Crippen molar-refractivity contribution in [1.82, 2.24) is 15.3 Å². The number of hydrazine groups is 1. The van der Waals surface area contributed by atoms with Crippen molar-refractivity contribution >= 4 is 17.7 Å². The van der Waals surface area contributed by atoms with Gasteiger partial charge >= 0.3 is 0 Å². The molecule has 0 aromatic carbocycles. The number of nitrogens with one attached hydrogen (secondary N) is 2. The van der Waals surface area contributed by atoms with Gasteiger partial charge in [0.1, 0.15) is 5.82 Å². The second-order valence-corrected chi connectivity index (χ2v) is 4.74. The summed E-state index contributed by atoms with van der Waals surface area (Å²) in [6.07, 6.45) is 3.64. The predicted octanol–water partition coefficient (Wildman–Crippen LogP) is 0.0330. The molecule has 4 N–H and O–H groups in total. The van der Waals surface area contributed by atoms with Crippen LogP contribution in [0.5, 0.6) is 0 Å². The van der Waals surface area contributed by atoms with Crippen molar-refractivity contribution in [1.29, 1.82) is 0 Å². The Balaban J connectivity index is 2.19. The van der Waals surface area contributed by atoms with E-state index in [1.54, 1.807) is 13.2 Å². The lowest BCUT2D eigenvalue weighted by molar-refractivity contribution is -0.124. The molecule has 0 saturated carbocycles. The molecule has 7 nitrogen and oxygen atoms in total. The molecular formula is C12H20N6O. The van der Waals surface area contributed by atoms with Crippen LogP contribution in [0.3, 0.4) is 0 Å². The van der Waals surface area contributed by atoms with Gasteiger partial charge in [-0.3, -0.25) is 10.2 Å². The van der Waals surface area contributed by atoms with Gasteiger partial charge in [-0.25, -0.2) is 10.8 Å². The van der Waals surface area contributed by atoms with E-state index < -0.39 is 0 Å². The van der Waals surface area contributed by atoms with Gasteiger partial charge in [-0.15, -0.1) is 0 Å². The summed E-state index contributed by atoms with van der Waals surface area (Å²) in [6, 6.07) is 0. The molecule has 104 valence electrons. The van der Waals surface area contributed by atoms with E-state index in [9.17, 15) is 4.79 Å². The number of nitrogens with zero attached hydrogens (tertiary/aromatic N) is 3. The van der Waals surface area contributed by atoms with Gasteiger partial charge in [-0.2, -0.15) is 4.98 Å². The lowest BCUT2D eigenvalue weighted by Crippen LogP contribution is -2.42. The summed E-state index contributed by atoms with van der Waals surface area (Å²) in [5.41, 5.74) is 3.43. The number of nitrogens with two attached hydrogens (primary N) is 1. The van der Waals surface area contributed by atoms with Crippen LogP contribution in [0.1, 0.15) is 18.4 Å². The number of rotatable bonds is 3. The topological polar surface area (TPSA) is 96.2 Å². The number of carbonyl (C=O) groups is 1. The molecule has 0 aliphatic carbocycles. The Hall–Kier alpha value is -1.89. The van der Waals surface area contributed by atoms with Gasteiger partial charge in [0.2, 0.25) is 11.9 Å². The van der Waals surface area contributed by atoms with Gasteiger partial charge in [0.25, 0.3) is 0 Å². The van der Waals surface area contributed by atoms with E-state index in [-0.39, 0.29) is 11.8 Å². The summed E-state index contributed by atoms with van der Waals surface area (Å²) in [6.45, 7) is 3.54. The minimum atomic E-state index is 0.0161. The van der Waals surface area contributed by atoms with Gasteiger partial charge in [0.05, 0.1) is 5.92 Å². The lowest BCUT2D eigenvalue weighted by Gasteiger charge is -2.33. The molecule has 2 heterocycles. The highest BCUT2D eigenvalue weighted by atomic mass is 16.1. The molecule has 1 aliphatic rings. The Morgan fingerprint density at radius 2 is 2.37 bits per heavy atom. The van der Waals surface area contributed by atoms with Crippen molar-refractivity contribution < 1.29 is 4.79 Å². The Morgan fingerprint density at radius 1 is 1.58 bits per heavy atom. The molecule has 1 atom stereocenters. The quantitative estimate of drug-likeness (QED) is 0.526. The van der Waals surface area contributed by atoms with Crippen molar-refractivity contribution in [3.63, 3.8) is 0 Å². The standard InChI is InChI=1S/C12H20N6O/c1-8-6-15-12(17-13)16-10(8)18-5-3-4-9(7-18)11(19)14-2/h6,9H,3-5,7,13H2,1-2H3,(H,14,19)(H,15,16,17). The zero-order valence-corrected chi connectivity index (χ0v) is 11.3. The third kappa shape index (κ3) is 2.93. The molecular weight excluding hydrogens is 244 g/mol. The normalized spacial score (nSPS) is 19.1. The first-order valence-corrected chi connectivity index (χ1v) is 6.42. The average molecular weight is 264 g/mol. The number of hydrogen-bond donors (Lipinski definition) is 3. The van der Waals surface area contributed by atoms with Crippen LogP contribution in [0.25, 0.3) is 0 Å². The smallest absolute Gasteiger partial charge is 0.239 e. The molecule has 1 fully saturated rings. The molecule has 1 unspecified atom stereocenters. The highest BCUT2D eigenvalue weighted by molar-refractivity contribution is 5.79. The maximum absolute atomic E-state index is 11.7. The van der Waals surface area contributed by atoms with Gasteiger partial charge in [-0.1, -0.05) is 0 Å². The van der Waals surface area contributed by atoms with Crippen LogP contribution in [0.2, 0.25) is 0 Å². The van der Waals surface area contributed by atoms with Crippen LogP contribution in [-0.2, 0) is 4.79 Å². The fourth-order valence-corrected chi connectivity index (χ4v) is 2.41. The van der Waals surface area contributed by atoms with Crippen molar-refractivity contribution in [2.45, 2.75) is 19.8 Å². The average Bonchev–Trinajstić information content (AvgIpc) is 2.47. The first-order valence-electron chi connectivity index (χ1n) is 6.42. The Morgan fingerprint density at radius 3 is 3.05 bits per heavy atom. The minimum absolute atomic E-state index is 0.0161. The lowest BCUT2D eigenvalue weighted by atomic mass is 9.97. The number of nitrogen functional groups attached to an aromatic ring is 1. The van der Waals surface area contributed by atoms with Crippen molar-refractivity contribution in [2.75, 3.05) is 30.5 Å². The predicted molar refractivity (Wildman–Crippen MR) is 73.6 cm³/mol. The first-order chi connectivity index (χ1) is 9.15. The first kappa shape index (κ1) is 13.5. The van der Waals surface area contributed by atoms with Crippen molar-refractivity contribution in [3.05, 3.63) is 11.8 Å². The SMILES string of the molecule is CNC(=O)C1CCCN(c2nc(NN)ncc2C)C1. The fourth-order valence-electron chi connectivity index (χ4n) is 2.41. The summed E-state index contributed by atoms with van der Waals surface area (Å²) in [4.78, 5) is 22.3. The summed E-state index contributed by atoms with van der Waals surface area (Å²) in [5, 5.41) is 2.71. The van der Waals surface area contributed by atoms with Crippen LogP contribution >= 0.6 is 0 Å². The fraction of sp³-hybridized carbons (Fsp3) is 0.583. The van der Waals surface area contributed by atoms with Crippen LogP contribution in [-0.4, -0.2) is 36.0 Å². The highest BCUT2D eigenvalue weighted by Crippen LogP contribution is 2.24. The monoisotopic (exact) mass is 264 g/mol. The van der Waals surface area contributed by atoms with E-state index in [1.165, 1.54) is 0 Å². The number of piperidine rings is 1. The Bertz CT molecular complexity index is 464. The van der Waals surface area contributed by atoms with Crippen molar-refractivity contribution in [2.24, 2.45) is 11.8 Å². The molecule has 0 spiro atoms. The summed E-state index contributed by atoms with van der Waals surface area (Å²) >= 11 is 0. The van der Waals surface area contributed by atoms with Crippen LogP contribution < -0.4 is 21.5 Å². The molecule has 1 aliphatic heterocycles. The molecule has 2 rings (SSSR count). The zero-order chi connectivity index (χ0) is 13.8. The second kappa shape index (κ2) is 5.83.